The van der Waals surface area contributed by atoms with E-state index >= 15 is 0 Å². The highest BCUT2D eigenvalue weighted by Gasteiger charge is 2.09. The molecule has 3 rings (SSSR count). The van der Waals surface area contributed by atoms with Gasteiger partial charge in [0.15, 0.2) is 4.80 Å². The van der Waals surface area contributed by atoms with Crippen LogP contribution in [0.5, 0.6) is 0 Å². The monoisotopic (exact) mass is 414 g/mol. The van der Waals surface area contributed by atoms with Gasteiger partial charge in [0.25, 0.3) is 5.91 Å². The molecule has 0 atom stereocenters. The van der Waals surface area contributed by atoms with Gasteiger partial charge in [-0.2, -0.15) is 4.99 Å². The van der Waals surface area contributed by atoms with Crippen LogP contribution in [0, 0.1) is 13.8 Å². The van der Waals surface area contributed by atoms with Gasteiger partial charge in [-0.25, -0.2) is 0 Å². The van der Waals surface area contributed by atoms with E-state index in [0.717, 1.165) is 15.8 Å². The number of hydrogen-bond donors (Lipinski definition) is 0. The number of benzene rings is 2. The summed E-state index contributed by atoms with van der Waals surface area (Å²) in [5.74, 6) is -0.315. The molecule has 0 aliphatic heterocycles. The SMILES string of the molecule is CCOCCn1c(=NC(=O)/C=C/c2ccccc2Cl)sc2cc(C)c(C)cc21. The number of hydrogen-bond acceptors (Lipinski definition) is 3. The van der Waals surface area contributed by atoms with E-state index in [1.165, 1.54) is 28.5 Å². The number of carbonyl (C=O) groups excluding carboxylic acids is 1. The fraction of sp³-hybridized carbons (Fsp3) is 0.273. The Balaban J connectivity index is 1.98. The van der Waals surface area contributed by atoms with Crippen LogP contribution in [-0.2, 0) is 16.1 Å². The molecule has 0 spiro atoms. The van der Waals surface area contributed by atoms with E-state index in [0.29, 0.717) is 29.6 Å². The predicted molar refractivity (Wildman–Crippen MR) is 117 cm³/mol. The zero-order valence-corrected chi connectivity index (χ0v) is 17.8. The van der Waals surface area contributed by atoms with Crippen LogP contribution in [0.25, 0.3) is 16.3 Å². The largest absolute Gasteiger partial charge is 0.380 e. The summed E-state index contributed by atoms with van der Waals surface area (Å²) in [6.45, 7) is 8.04. The van der Waals surface area contributed by atoms with E-state index in [9.17, 15) is 4.79 Å². The Morgan fingerprint density at radius 3 is 2.75 bits per heavy atom. The number of nitrogens with zero attached hydrogens (tertiary/aromatic N) is 2. The van der Waals surface area contributed by atoms with Gasteiger partial charge in [-0.1, -0.05) is 41.1 Å². The van der Waals surface area contributed by atoms with Crippen LogP contribution in [0.3, 0.4) is 0 Å². The van der Waals surface area contributed by atoms with Gasteiger partial charge >= 0.3 is 0 Å². The predicted octanol–water partition coefficient (Wildman–Crippen LogP) is 5.15. The molecular weight excluding hydrogens is 392 g/mol. The third-order valence-corrected chi connectivity index (χ3v) is 5.86. The molecule has 6 heteroatoms. The highest BCUT2D eigenvalue weighted by molar-refractivity contribution is 7.16. The van der Waals surface area contributed by atoms with Crippen LogP contribution in [-0.4, -0.2) is 23.7 Å². The van der Waals surface area contributed by atoms with Gasteiger partial charge in [0, 0.05) is 24.3 Å². The van der Waals surface area contributed by atoms with Crippen molar-refractivity contribution in [1.82, 2.24) is 4.57 Å². The summed E-state index contributed by atoms with van der Waals surface area (Å²) in [5, 5.41) is 0.603. The minimum absolute atomic E-state index is 0.315. The van der Waals surface area contributed by atoms with Crippen LogP contribution in [0.4, 0.5) is 0 Å². The number of aromatic nitrogens is 1. The van der Waals surface area contributed by atoms with Crippen LogP contribution >= 0.6 is 22.9 Å². The Hall–Kier alpha value is -2.21. The fourth-order valence-corrected chi connectivity index (χ4v) is 4.17. The van der Waals surface area contributed by atoms with E-state index in [-0.39, 0.29) is 5.91 Å². The molecule has 0 saturated carbocycles. The first-order chi connectivity index (χ1) is 13.5. The number of fused-ring (bicyclic) bond motifs is 1. The molecule has 0 fully saturated rings. The van der Waals surface area contributed by atoms with E-state index in [2.05, 4.69) is 35.5 Å². The second-order valence-corrected chi connectivity index (χ2v) is 7.86. The number of carbonyl (C=O) groups is 1. The number of aryl methyl sites for hydroxylation is 2. The molecule has 4 nitrogen and oxygen atoms in total. The van der Waals surface area contributed by atoms with Gasteiger partial charge in [-0.3, -0.25) is 4.79 Å². The number of thiazole rings is 1. The molecule has 3 aromatic rings. The summed E-state index contributed by atoms with van der Waals surface area (Å²) < 4.78 is 8.69. The van der Waals surface area contributed by atoms with Crippen molar-refractivity contribution in [3.8, 4) is 0 Å². The molecule has 0 aliphatic carbocycles. The fourth-order valence-electron chi connectivity index (χ4n) is 2.83. The quantitative estimate of drug-likeness (QED) is 0.413. The molecule has 1 amide bonds. The van der Waals surface area contributed by atoms with Crippen molar-refractivity contribution in [1.29, 1.82) is 0 Å². The Morgan fingerprint density at radius 1 is 1.25 bits per heavy atom. The van der Waals surface area contributed by atoms with Gasteiger partial charge in [-0.05, 0) is 61.7 Å². The lowest BCUT2D eigenvalue weighted by atomic mass is 10.1. The van der Waals surface area contributed by atoms with Crippen molar-refractivity contribution in [3.05, 3.63) is 69.0 Å². The van der Waals surface area contributed by atoms with Gasteiger partial charge < -0.3 is 9.30 Å². The first-order valence-electron chi connectivity index (χ1n) is 9.19. The maximum atomic E-state index is 12.5. The van der Waals surface area contributed by atoms with E-state index < -0.39 is 0 Å². The molecule has 0 aliphatic rings. The Bertz CT molecular complexity index is 1100. The highest BCUT2D eigenvalue weighted by Crippen LogP contribution is 2.22. The Kier molecular flexibility index (Phi) is 6.83. The highest BCUT2D eigenvalue weighted by atomic mass is 35.5. The summed E-state index contributed by atoms with van der Waals surface area (Å²) in [4.78, 5) is 17.5. The molecule has 28 heavy (non-hydrogen) atoms. The molecule has 0 N–H and O–H groups in total. The minimum Gasteiger partial charge on any atom is -0.380 e. The van der Waals surface area contributed by atoms with Crippen molar-refractivity contribution in [3.63, 3.8) is 0 Å². The zero-order valence-electron chi connectivity index (χ0n) is 16.2. The van der Waals surface area contributed by atoms with Crippen LogP contribution in [0.1, 0.15) is 23.6 Å². The summed E-state index contributed by atoms with van der Waals surface area (Å²) in [5.41, 5.74) is 4.31. The number of amides is 1. The van der Waals surface area contributed by atoms with Crippen LogP contribution in [0.15, 0.2) is 47.5 Å². The van der Waals surface area contributed by atoms with Crippen molar-refractivity contribution < 1.29 is 9.53 Å². The number of rotatable bonds is 6. The lowest BCUT2D eigenvalue weighted by Crippen LogP contribution is -2.19. The van der Waals surface area contributed by atoms with Gasteiger partial charge in [0.05, 0.1) is 16.8 Å². The molecule has 0 unspecified atom stereocenters. The smallest absolute Gasteiger partial charge is 0.272 e. The van der Waals surface area contributed by atoms with E-state index in [4.69, 9.17) is 16.3 Å². The average molecular weight is 415 g/mol. The maximum Gasteiger partial charge on any atom is 0.272 e. The standard InChI is InChI=1S/C22H23ClN2O2S/c1-4-27-12-11-25-19-13-15(2)16(3)14-20(19)28-22(25)24-21(26)10-9-17-7-5-6-8-18(17)23/h5-10,13-14H,4,11-12H2,1-3H3/b10-9+,24-22?. The number of halogens is 1. The van der Waals surface area contributed by atoms with Crippen molar-refractivity contribution in [2.24, 2.45) is 4.99 Å². The first-order valence-corrected chi connectivity index (χ1v) is 10.4. The minimum atomic E-state index is -0.315. The van der Waals surface area contributed by atoms with Crippen LogP contribution < -0.4 is 4.80 Å². The van der Waals surface area contributed by atoms with E-state index in [1.807, 2.05) is 25.1 Å². The van der Waals surface area contributed by atoms with E-state index in [1.54, 1.807) is 12.1 Å². The Labute approximate surface area is 173 Å². The maximum absolute atomic E-state index is 12.5. The second kappa shape index (κ2) is 9.32. The summed E-state index contributed by atoms with van der Waals surface area (Å²) in [6.07, 6.45) is 3.15. The summed E-state index contributed by atoms with van der Waals surface area (Å²) in [7, 11) is 0. The lowest BCUT2D eigenvalue weighted by molar-refractivity contribution is -0.113. The number of ether oxygens (including phenoxy) is 1. The second-order valence-electron chi connectivity index (χ2n) is 6.44. The zero-order chi connectivity index (χ0) is 20.1. The van der Waals surface area contributed by atoms with Gasteiger partial charge in [-0.15, -0.1) is 0 Å². The molecule has 0 saturated heterocycles. The molecule has 0 bridgehead atoms. The first kappa shape index (κ1) is 20.5. The summed E-state index contributed by atoms with van der Waals surface area (Å²) >= 11 is 7.66. The van der Waals surface area contributed by atoms with Crippen molar-refractivity contribution >= 4 is 45.1 Å². The topological polar surface area (TPSA) is 43.6 Å². The molecule has 0 radical (unpaired) electrons. The van der Waals surface area contributed by atoms with Gasteiger partial charge in [0.2, 0.25) is 0 Å². The Morgan fingerprint density at radius 2 is 2.00 bits per heavy atom. The van der Waals surface area contributed by atoms with Crippen LogP contribution in [0.2, 0.25) is 5.02 Å². The summed E-state index contributed by atoms with van der Waals surface area (Å²) in [6, 6.07) is 11.7. The molecule has 146 valence electrons. The molecule has 2 aromatic carbocycles. The van der Waals surface area contributed by atoms with Gasteiger partial charge in [0.1, 0.15) is 0 Å². The third-order valence-electron chi connectivity index (χ3n) is 4.48. The van der Waals surface area contributed by atoms with Crippen molar-refractivity contribution in [2.75, 3.05) is 13.2 Å². The molecular formula is C22H23ClN2O2S. The third kappa shape index (κ3) is 4.79. The molecule has 1 heterocycles. The average Bonchev–Trinajstić information content (AvgIpc) is 2.98. The molecule has 1 aromatic heterocycles. The van der Waals surface area contributed by atoms with Crippen molar-refractivity contribution in [2.45, 2.75) is 27.3 Å². The lowest BCUT2D eigenvalue weighted by Gasteiger charge is -2.07. The normalized spacial score (nSPS) is 12.4.